The second-order valence-electron chi connectivity index (χ2n) is 6.81. The van der Waals surface area contributed by atoms with Crippen LogP contribution in [0.25, 0.3) is 0 Å². The van der Waals surface area contributed by atoms with Gasteiger partial charge in [-0.2, -0.15) is 0 Å². The molecule has 0 radical (unpaired) electrons. The summed E-state index contributed by atoms with van der Waals surface area (Å²) in [6, 6.07) is 9.38. The van der Waals surface area contributed by atoms with Crippen molar-refractivity contribution in [2.45, 2.75) is 18.4 Å². The van der Waals surface area contributed by atoms with Gasteiger partial charge in [-0.1, -0.05) is 28.1 Å². The van der Waals surface area contributed by atoms with Crippen molar-refractivity contribution < 1.29 is 19.4 Å². The maximum atomic E-state index is 11.8. The summed E-state index contributed by atoms with van der Waals surface area (Å²) < 4.78 is 11.7. The van der Waals surface area contributed by atoms with Crippen molar-refractivity contribution in [3.8, 4) is 11.5 Å². The van der Waals surface area contributed by atoms with Crippen molar-refractivity contribution in [3.63, 3.8) is 0 Å². The van der Waals surface area contributed by atoms with Gasteiger partial charge in [0.25, 0.3) is 0 Å². The molecule has 140 valence electrons. The van der Waals surface area contributed by atoms with E-state index < -0.39 is 5.97 Å². The Morgan fingerprint density at radius 3 is 2.70 bits per heavy atom. The second-order valence-corrected chi connectivity index (χ2v) is 7.72. The third-order valence-corrected chi connectivity index (χ3v) is 5.90. The Bertz CT molecular complexity index is 940. The van der Waals surface area contributed by atoms with Gasteiger partial charge in [-0.25, -0.2) is 4.79 Å². The molecule has 2 aromatic rings. The monoisotopic (exact) mass is 429 g/mol. The summed E-state index contributed by atoms with van der Waals surface area (Å²) in [5, 5.41) is 13.2. The number of carboxylic acid groups (broad SMARTS) is 1. The Morgan fingerprint density at radius 2 is 2.00 bits per heavy atom. The Morgan fingerprint density at radius 1 is 1.19 bits per heavy atom. The molecule has 1 aliphatic heterocycles. The maximum Gasteiger partial charge on any atom is 0.337 e. The summed E-state index contributed by atoms with van der Waals surface area (Å²) in [4.78, 5) is 11.8. The fourth-order valence-corrected chi connectivity index (χ4v) is 4.69. The predicted octanol–water partition coefficient (Wildman–Crippen LogP) is 4.99. The molecule has 2 aromatic carbocycles. The largest absolute Gasteiger partial charge is 0.497 e. The van der Waals surface area contributed by atoms with E-state index in [4.69, 9.17) is 9.47 Å². The summed E-state index contributed by atoms with van der Waals surface area (Å²) in [6.45, 7) is 0. The van der Waals surface area contributed by atoms with Crippen LogP contribution in [0.3, 0.4) is 0 Å². The molecule has 0 amide bonds. The van der Waals surface area contributed by atoms with Gasteiger partial charge in [0.1, 0.15) is 11.5 Å². The van der Waals surface area contributed by atoms with E-state index in [1.807, 2.05) is 24.3 Å². The average molecular weight is 430 g/mol. The zero-order valence-electron chi connectivity index (χ0n) is 15.0. The Kier molecular flexibility index (Phi) is 4.60. The highest BCUT2D eigenvalue weighted by Crippen LogP contribution is 2.52. The Labute approximate surface area is 166 Å². The number of methoxy groups -OCH3 is 2. The first-order valence-electron chi connectivity index (χ1n) is 8.75. The smallest absolute Gasteiger partial charge is 0.337 e. The van der Waals surface area contributed by atoms with E-state index in [1.165, 1.54) is 0 Å². The molecular weight excluding hydrogens is 410 g/mol. The van der Waals surface area contributed by atoms with Crippen molar-refractivity contribution in [2.75, 3.05) is 19.5 Å². The summed E-state index contributed by atoms with van der Waals surface area (Å²) >= 11 is 3.46. The summed E-state index contributed by atoms with van der Waals surface area (Å²) in [6.07, 6.45) is 5.29. The Balaban J connectivity index is 1.86. The lowest BCUT2D eigenvalue weighted by molar-refractivity contribution is 0.0697. The number of nitrogens with one attached hydrogen (secondary N) is 1. The van der Waals surface area contributed by atoms with Crippen molar-refractivity contribution in [2.24, 2.45) is 5.92 Å². The number of anilines is 1. The molecule has 0 spiro atoms. The number of allylic oxidation sites excluding steroid dienone is 2. The summed E-state index contributed by atoms with van der Waals surface area (Å²) in [7, 11) is 3.26. The number of carbonyl (C=O) groups is 1. The number of hydrogen-bond donors (Lipinski definition) is 2. The van der Waals surface area contributed by atoms with Gasteiger partial charge in [0, 0.05) is 22.0 Å². The van der Waals surface area contributed by atoms with Crippen LogP contribution in [0.4, 0.5) is 5.69 Å². The first kappa shape index (κ1) is 17.9. The average Bonchev–Trinajstić information content (AvgIpc) is 3.16. The van der Waals surface area contributed by atoms with Crippen LogP contribution >= 0.6 is 15.9 Å². The second kappa shape index (κ2) is 6.93. The molecule has 0 fully saturated rings. The molecule has 3 atom stereocenters. The lowest BCUT2D eigenvalue weighted by atomic mass is 9.76. The van der Waals surface area contributed by atoms with Crippen LogP contribution in [0.2, 0.25) is 0 Å². The normalized spacial score (nSPS) is 22.6. The first-order valence-corrected chi connectivity index (χ1v) is 9.54. The fraction of sp³-hybridized carbons (Fsp3) is 0.286. The standard InChI is InChI=1S/C21H20BrNO4/c1-26-12-6-7-15(18(10-12)27-2)19-14-5-3-4-13(14)16-8-11(22)9-17(21(24)25)20(16)23-19/h3-4,6-10,13-14,19,23H,5H2,1-2H3,(H,24,25)/t13-,14+,19-/m1/s1. The van der Waals surface area contributed by atoms with E-state index in [0.717, 1.165) is 33.5 Å². The van der Waals surface area contributed by atoms with Gasteiger partial charge in [0.2, 0.25) is 0 Å². The van der Waals surface area contributed by atoms with Crippen LogP contribution in [0, 0.1) is 5.92 Å². The molecule has 0 unspecified atom stereocenters. The van der Waals surface area contributed by atoms with Gasteiger partial charge < -0.3 is 19.9 Å². The molecular formula is C21H20BrNO4. The quantitative estimate of drug-likeness (QED) is 0.669. The highest BCUT2D eigenvalue weighted by Gasteiger charge is 2.40. The molecule has 0 bridgehead atoms. The molecule has 27 heavy (non-hydrogen) atoms. The maximum absolute atomic E-state index is 11.8. The molecule has 0 saturated carbocycles. The number of aromatic carboxylic acids is 1. The van der Waals surface area contributed by atoms with Crippen LogP contribution in [0.1, 0.15) is 39.9 Å². The van der Waals surface area contributed by atoms with Crippen LogP contribution in [0.15, 0.2) is 47.0 Å². The van der Waals surface area contributed by atoms with Crippen molar-refractivity contribution in [1.29, 1.82) is 0 Å². The number of rotatable bonds is 4. The SMILES string of the molecule is COc1ccc([C@@H]2Nc3c(C(=O)O)cc(Br)cc3[C@@H]3C=CC[C@@H]32)c(OC)c1. The number of ether oxygens (including phenoxy) is 2. The fourth-order valence-electron chi connectivity index (χ4n) is 4.22. The number of fused-ring (bicyclic) bond motifs is 3. The number of halogens is 1. The third kappa shape index (κ3) is 2.98. The van der Waals surface area contributed by atoms with Gasteiger partial charge in [-0.05, 0) is 42.2 Å². The van der Waals surface area contributed by atoms with E-state index in [2.05, 4.69) is 33.4 Å². The highest BCUT2D eigenvalue weighted by molar-refractivity contribution is 9.10. The lowest BCUT2D eigenvalue weighted by Crippen LogP contribution is -2.30. The zero-order chi connectivity index (χ0) is 19.1. The van der Waals surface area contributed by atoms with E-state index in [1.54, 1.807) is 20.3 Å². The van der Waals surface area contributed by atoms with Crippen molar-refractivity contribution in [3.05, 3.63) is 63.6 Å². The van der Waals surface area contributed by atoms with Crippen LogP contribution in [0.5, 0.6) is 11.5 Å². The minimum Gasteiger partial charge on any atom is -0.497 e. The van der Waals surface area contributed by atoms with Gasteiger partial charge in [-0.3, -0.25) is 0 Å². The van der Waals surface area contributed by atoms with Crippen molar-refractivity contribution >= 4 is 27.6 Å². The lowest BCUT2D eigenvalue weighted by Gasteiger charge is -2.38. The molecule has 6 heteroatoms. The number of hydrogen-bond acceptors (Lipinski definition) is 4. The first-order chi connectivity index (χ1) is 13.0. The zero-order valence-corrected chi connectivity index (χ0v) is 16.6. The van der Waals surface area contributed by atoms with Gasteiger partial charge in [0.05, 0.1) is 31.5 Å². The third-order valence-electron chi connectivity index (χ3n) is 5.44. The summed E-state index contributed by atoms with van der Waals surface area (Å²) in [5.41, 5.74) is 2.98. The van der Waals surface area contributed by atoms with Crippen molar-refractivity contribution in [1.82, 2.24) is 0 Å². The van der Waals surface area contributed by atoms with Crippen LogP contribution in [-0.2, 0) is 0 Å². The van der Waals surface area contributed by atoms with E-state index in [0.29, 0.717) is 5.69 Å². The number of benzene rings is 2. The van der Waals surface area contributed by atoms with E-state index in [-0.39, 0.29) is 23.4 Å². The molecule has 4 rings (SSSR count). The highest BCUT2D eigenvalue weighted by atomic mass is 79.9. The molecule has 2 N–H and O–H groups in total. The molecule has 1 aliphatic carbocycles. The Hall–Kier alpha value is -2.47. The molecule has 5 nitrogen and oxygen atoms in total. The van der Waals surface area contributed by atoms with E-state index in [9.17, 15) is 9.90 Å². The van der Waals surface area contributed by atoms with Crippen LogP contribution < -0.4 is 14.8 Å². The minimum atomic E-state index is -0.944. The van der Waals surface area contributed by atoms with Gasteiger partial charge in [-0.15, -0.1) is 0 Å². The molecule has 1 heterocycles. The molecule has 0 aromatic heterocycles. The minimum absolute atomic E-state index is 0.0577. The molecule has 2 aliphatic rings. The van der Waals surface area contributed by atoms with Crippen LogP contribution in [-0.4, -0.2) is 25.3 Å². The van der Waals surface area contributed by atoms with E-state index >= 15 is 0 Å². The van der Waals surface area contributed by atoms with Gasteiger partial charge in [0.15, 0.2) is 0 Å². The predicted molar refractivity (Wildman–Crippen MR) is 107 cm³/mol. The number of carboxylic acids is 1. The topological polar surface area (TPSA) is 67.8 Å². The van der Waals surface area contributed by atoms with Gasteiger partial charge >= 0.3 is 5.97 Å². The summed E-state index contributed by atoms with van der Waals surface area (Å²) in [5.74, 6) is 0.961. The molecule has 0 saturated heterocycles.